The molecule has 1 amide bonds. The molecular formula is C25H43N3O4Si. The van der Waals surface area contributed by atoms with E-state index in [2.05, 4.69) is 67.9 Å². The molecule has 2 fully saturated rings. The molecule has 1 aromatic rings. The molecule has 1 aromatic carbocycles. The van der Waals surface area contributed by atoms with Gasteiger partial charge in [0.1, 0.15) is 0 Å². The molecule has 1 N–H and O–H groups in total. The van der Waals surface area contributed by atoms with Crippen molar-refractivity contribution in [2.24, 2.45) is 0 Å². The fourth-order valence-electron chi connectivity index (χ4n) is 4.44. The van der Waals surface area contributed by atoms with E-state index in [1.165, 1.54) is 5.56 Å². The summed E-state index contributed by atoms with van der Waals surface area (Å²) in [6, 6.07) is 10.8. The third-order valence-corrected chi connectivity index (χ3v) is 12.2. The van der Waals surface area contributed by atoms with Gasteiger partial charge in [-0.2, -0.15) is 0 Å². The molecule has 0 bridgehead atoms. The van der Waals surface area contributed by atoms with Crippen molar-refractivity contribution in [3.05, 3.63) is 35.9 Å². The molecular weight excluding hydrogens is 434 g/mol. The predicted molar refractivity (Wildman–Crippen MR) is 134 cm³/mol. The Morgan fingerprint density at radius 1 is 1.15 bits per heavy atom. The average molecular weight is 478 g/mol. The summed E-state index contributed by atoms with van der Waals surface area (Å²) < 4.78 is 12.4. The number of ether oxygens (including phenoxy) is 1. The minimum Gasteiger partial charge on any atom is -0.465 e. The second kappa shape index (κ2) is 10.9. The van der Waals surface area contributed by atoms with Gasteiger partial charge in [-0.15, -0.1) is 0 Å². The monoisotopic (exact) mass is 477 g/mol. The predicted octanol–water partition coefficient (Wildman–Crippen LogP) is 3.96. The number of amides is 1. The molecule has 1 unspecified atom stereocenters. The molecule has 0 radical (unpaired) electrons. The molecule has 0 saturated carbocycles. The summed E-state index contributed by atoms with van der Waals surface area (Å²) in [5.74, 6) is 0. The van der Waals surface area contributed by atoms with Crippen LogP contribution in [0.25, 0.3) is 0 Å². The molecule has 2 saturated heterocycles. The van der Waals surface area contributed by atoms with Crippen LogP contribution in [0.2, 0.25) is 18.1 Å². The van der Waals surface area contributed by atoms with E-state index in [0.717, 1.165) is 26.2 Å². The lowest BCUT2D eigenvalue weighted by atomic mass is 10.0. The van der Waals surface area contributed by atoms with Crippen molar-refractivity contribution in [1.29, 1.82) is 0 Å². The van der Waals surface area contributed by atoms with Gasteiger partial charge in [-0.3, -0.25) is 9.80 Å². The van der Waals surface area contributed by atoms with Gasteiger partial charge >= 0.3 is 6.09 Å². The molecule has 33 heavy (non-hydrogen) atoms. The Morgan fingerprint density at radius 2 is 1.85 bits per heavy atom. The molecule has 186 valence electrons. The maximum absolute atomic E-state index is 11.9. The lowest BCUT2D eigenvalue weighted by molar-refractivity contribution is -0.0489. The Bertz CT molecular complexity index is 771. The third kappa shape index (κ3) is 6.79. The number of hydrogen-bond donors (Lipinski definition) is 1. The maximum atomic E-state index is 11.9. The largest absolute Gasteiger partial charge is 0.465 e. The van der Waals surface area contributed by atoms with Gasteiger partial charge < -0.3 is 19.2 Å². The highest BCUT2D eigenvalue weighted by molar-refractivity contribution is 6.74. The third-order valence-electron chi connectivity index (χ3n) is 7.67. The first-order chi connectivity index (χ1) is 15.5. The topological polar surface area (TPSA) is 65.5 Å². The number of nitrogens with zero attached hydrogens (tertiary/aromatic N) is 3. The van der Waals surface area contributed by atoms with E-state index in [1.807, 2.05) is 13.0 Å². The van der Waals surface area contributed by atoms with Gasteiger partial charge in [-0.05, 0) is 30.6 Å². The number of carboxylic acid groups (broad SMARTS) is 1. The highest BCUT2D eigenvalue weighted by Gasteiger charge is 2.40. The zero-order valence-electron chi connectivity index (χ0n) is 21.3. The molecule has 2 aliphatic heterocycles. The van der Waals surface area contributed by atoms with Crippen LogP contribution >= 0.6 is 0 Å². The number of rotatable bonds is 7. The van der Waals surface area contributed by atoms with Crippen LogP contribution in [-0.2, 0) is 15.7 Å². The summed E-state index contributed by atoms with van der Waals surface area (Å²) in [6.07, 6.45) is -0.827. The molecule has 2 heterocycles. The summed E-state index contributed by atoms with van der Waals surface area (Å²) in [7, 11) is -1.85. The van der Waals surface area contributed by atoms with Crippen LogP contribution in [0.15, 0.2) is 30.3 Å². The maximum Gasteiger partial charge on any atom is 0.407 e. The van der Waals surface area contributed by atoms with Crippen molar-refractivity contribution in [3.63, 3.8) is 0 Å². The number of piperazine rings is 1. The quantitative estimate of drug-likeness (QED) is 0.600. The van der Waals surface area contributed by atoms with E-state index in [9.17, 15) is 9.90 Å². The molecule has 2 aliphatic rings. The van der Waals surface area contributed by atoms with Crippen LogP contribution in [0, 0.1) is 0 Å². The SMILES string of the molecule is C[C@@H]1CN(Cc2ccccc2)[C@@H](CN2CCOCC2CO[Si](C)(C)C(C)(C)C)CN1C(=O)O. The van der Waals surface area contributed by atoms with Gasteiger partial charge in [-0.25, -0.2) is 4.79 Å². The number of benzene rings is 1. The summed E-state index contributed by atoms with van der Waals surface area (Å²) in [4.78, 5) is 18.4. The van der Waals surface area contributed by atoms with E-state index >= 15 is 0 Å². The van der Waals surface area contributed by atoms with E-state index < -0.39 is 14.4 Å². The van der Waals surface area contributed by atoms with Crippen molar-refractivity contribution in [2.45, 2.75) is 70.5 Å². The Kier molecular flexibility index (Phi) is 8.61. The fourth-order valence-corrected chi connectivity index (χ4v) is 5.48. The summed E-state index contributed by atoms with van der Waals surface area (Å²) in [5.41, 5.74) is 1.26. The highest BCUT2D eigenvalue weighted by atomic mass is 28.4. The zero-order valence-corrected chi connectivity index (χ0v) is 22.3. The first-order valence-electron chi connectivity index (χ1n) is 12.2. The van der Waals surface area contributed by atoms with Crippen molar-refractivity contribution in [3.8, 4) is 0 Å². The standard InChI is InChI=1S/C25H43N3O4Si/c1-20-14-27(15-21-10-8-7-9-11-21)22(17-28(20)24(29)30)16-26-12-13-31-18-23(26)19-32-33(5,6)25(2,3)4/h7-11,20,22-23H,12-19H2,1-6H3,(H,29,30)/t20-,22+,23?/m1/s1. The minimum atomic E-state index is -1.85. The van der Waals surface area contributed by atoms with Gasteiger partial charge in [0.15, 0.2) is 8.32 Å². The van der Waals surface area contributed by atoms with Crippen LogP contribution in [-0.4, -0.2) is 98.3 Å². The fraction of sp³-hybridized carbons (Fsp3) is 0.720. The van der Waals surface area contributed by atoms with Gasteiger partial charge in [0.25, 0.3) is 0 Å². The summed E-state index contributed by atoms with van der Waals surface area (Å²) >= 11 is 0. The summed E-state index contributed by atoms with van der Waals surface area (Å²) in [6.45, 7) is 19.2. The normalized spacial score (nSPS) is 25.9. The number of hydrogen-bond acceptors (Lipinski definition) is 5. The van der Waals surface area contributed by atoms with Crippen LogP contribution in [0.5, 0.6) is 0 Å². The van der Waals surface area contributed by atoms with E-state index in [0.29, 0.717) is 26.4 Å². The minimum absolute atomic E-state index is 0.0233. The van der Waals surface area contributed by atoms with Crippen molar-refractivity contribution in [1.82, 2.24) is 14.7 Å². The number of carbonyl (C=O) groups is 1. The molecule has 0 spiro atoms. The molecule has 3 rings (SSSR count). The van der Waals surface area contributed by atoms with Crippen LogP contribution < -0.4 is 0 Å². The molecule has 0 aromatic heterocycles. The average Bonchev–Trinajstić information content (AvgIpc) is 2.74. The van der Waals surface area contributed by atoms with E-state index in [4.69, 9.17) is 9.16 Å². The van der Waals surface area contributed by atoms with E-state index in [-0.39, 0.29) is 23.2 Å². The van der Waals surface area contributed by atoms with Gasteiger partial charge in [0.05, 0.1) is 25.9 Å². The van der Waals surface area contributed by atoms with Crippen LogP contribution in [0.1, 0.15) is 33.3 Å². The highest BCUT2D eigenvalue weighted by Crippen LogP contribution is 2.36. The Labute approximate surface area is 200 Å². The van der Waals surface area contributed by atoms with Crippen molar-refractivity contribution < 1.29 is 19.1 Å². The second-order valence-corrected chi connectivity index (χ2v) is 16.0. The van der Waals surface area contributed by atoms with Crippen LogP contribution in [0.3, 0.4) is 0 Å². The Morgan fingerprint density at radius 3 is 2.48 bits per heavy atom. The van der Waals surface area contributed by atoms with Crippen molar-refractivity contribution in [2.75, 3.05) is 46.0 Å². The molecule has 0 aliphatic carbocycles. The lowest BCUT2D eigenvalue weighted by Crippen LogP contribution is -2.63. The van der Waals surface area contributed by atoms with Crippen molar-refractivity contribution >= 4 is 14.4 Å². The Hall–Kier alpha value is -1.45. The first-order valence-corrected chi connectivity index (χ1v) is 15.1. The second-order valence-electron chi connectivity index (χ2n) is 11.1. The molecule has 3 atom stereocenters. The molecule has 7 nitrogen and oxygen atoms in total. The van der Waals surface area contributed by atoms with Gasteiger partial charge in [0, 0.05) is 44.8 Å². The van der Waals surface area contributed by atoms with Gasteiger partial charge in [0.2, 0.25) is 0 Å². The first kappa shape index (κ1) is 26.2. The number of morpholine rings is 1. The smallest absolute Gasteiger partial charge is 0.407 e. The molecule has 8 heteroatoms. The summed E-state index contributed by atoms with van der Waals surface area (Å²) in [5, 5.41) is 9.94. The van der Waals surface area contributed by atoms with E-state index in [1.54, 1.807) is 4.90 Å². The zero-order chi connectivity index (χ0) is 24.2. The van der Waals surface area contributed by atoms with Crippen LogP contribution in [0.4, 0.5) is 4.79 Å². The lowest BCUT2D eigenvalue weighted by Gasteiger charge is -2.47. The van der Waals surface area contributed by atoms with Gasteiger partial charge in [-0.1, -0.05) is 51.1 Å². The Balaban J connectivity index is 1.72.